The smallest absolute Gasteiger partial charge is 0.408 e. The number of amides is 1. The molecule has 0 fully saturated rings. The van der Waals surface area contributed by atoms with Crippen molar-refractivity contribution in [2.45, 2.75) is 59.6 Å². The predicted molar refractivity (Wildman–Crippen MR) is 110 cm³/mol. The Kier molecular flexibility index (Phi) is 9.83. The Balaban J connectivity index is 2.97. The number of nitrogens with one attached hydrogen (secondary N) is 1. The van der Waals surface area contributed by atoms with Crippen LogP contribution < -0.4 is 10.6 Å². The van der Waals surface area contributed by atoms with Crippen molar-refractivity contribution in [2.24, 2.45) is 0 Å². The predicted octanol–water partition coefficient (Wildman–Crippen LogP) is 3.58. The molecule has 0 aromatic heterocycles. The number of carbonyl (C=O) groups excluding carboxylic acids is 2. The van der Waals surface area contributed by atoms with Gasteiger partial charge in [-0.2, -0.15) is 0 Å². The molecule has 1 N–H and O–H groups in total. The molecule has 1 amide bonds. The highest BCUT2D eigenvalue weighted by molar-refractivity contribution is 7.62. The van der Waals surface area contributed by atoms with Gasteiger partial charge in [-0.25, -0.2) is 9.59 Å². The molecule has 1 unspecified atom stereocenters. The first kappa shape index (κ1) is 25.1. The number of esters is 1. The Labute approximate surface area is 172 Å². The second-order valence-electron chi connectivity index (χ2n) is 7.15. The fourth-order valence-electron chi connectivity index (χ4n) is 2.46. The first-order chi connectivity index (χ1) is 13.5. The van der Waals surface area contributed by atoms with E-state index in [1.54, 1.807) is 65.8 Å². The summed E-state index contributed by atoms with van der Waals surface area (Å²) in [5.41, 5.74) is 0.0485. The van der Waals surface area contributed by atoms with Crippen molar-refractivity contribution in [3.8, 4) is 0 Å². The van der Waals surface area contributed by atoms with Gasteiger partial charge in [-0.05, 0) is 59.2 Å². The maximum atomic E-state index is 12.8. The van der Waals surface area contributed by atoms with E-state index >= 15 is 0 Å². The Morgan fingerprint density at radius 3 is 2.00 bits per heavy atom. The summed E-state index contributed by atoms with van der Waals surface area (Å²) in [5.74, 6) is -0.559. The van der Waals surface area contributed by atoms with Gasteiger partial charge in [-0.1, -0.05) is 12.1 Å². The normalized spacial score (nSPS) is 12.9. The van der Waals surface area contributed by atoms with E-state index < -0.39 is 31.3 Å². The third-order valence-electron chi connectivity index (χ3n) is 3.55. The number of rotatable bonds is 10. The minimum absolute atomic E-state index is 0.186. The first-order valence-corrected chi connectivity index (χ1v) is 11.2. The number of hydrogen-bond acceptors (Lipinski definition) is 7. The monoisotopic (exact) mass is 429 g/mol. The molecule has 0 aliphatic heterocycles. The molecule has 0 saturated heterocycles. The SMILES string of the molecule is CCOC(=O)C(Cc1ccc(P(=O)(OCC)OCC)cc1)NC(=O)OC(C)(C)C. The van der Waals surface area contributed by atoms with Crippen LogP contribution in [0, 0.1) is 0 Å². The van der Waals surface area contributed by atoms with Crippen LogP contribution in [0.15, 0.2) is 24.3 Å². The first-order valence-electron chi connectivity index (χ1n) is 9.69. The van der Waals surface area contributed by atoms with Crippen LogP contribution in [0.1, 0.15) is 47.1 Å². The van der Waals surface area contributed by atoms with E-state index in [0.717, 1.165) is 5.56 Å². The molecule has 9 heteroatoms. The number of alkyl carbamates (subject to hydrolysis) is 1. The van der Waals surface area contributed by atoms with Gasteiger partial charge < -0.3 is 23.8 Å². The zero-order chi connectivity index (χ0) is 22.1. The summed E-state index contributed by atoms with van der Waals surface area (Å²) in [5, 5.41) is 2.98. The van der Waals surface area contributed by atoms with Crippen LogP contribution in [0.4, 0.5) is 4.79 Å². The van der Waals surface area contributed by atoms with Crippen LogP contribution in [0.2, 0.25) is 0 Å². The van der Waals surface area contributed by atoms with Crippen molar-refractivity contribution in [3.63, 3.8) is 0 Å². The minimum Gasteiger partial charge on any atom is -0.464 e. The number of carbonyl (C=O) groups is 2. The van der Waals surface area contributed by atoms with E-state index in [-0.39, 0.29) is 26.2 Å². The van der Waals surface area contributed by atoms with Crippen molar-refractivity contribution < 1.29 is 32.7 Å². The van der Waals surface area contributed by atoms with Crippen molar-refractivity contribution in [1.29, 1.82) is 0 Å². The summed E-state index contributed by atoms with van der Waals surface area (Å²) in [6.45, 7) is 11.1. The molecule has 164 valence electrons. The molecule has 0 bridgehead atoms. The van der Waals surface area contributed by atoms with E-state index in [9.17, 15) is 14.2 Å². The van der Waals surface area contributed by atoms with E-state index in [4.69, 9.17) is 18.5 Å². The molecule has 0 saturated carbocycles. The zero-order valence-electron chi connectivity index (χ0n) is 18.0. The highest BCUT2D eigenvalue weighted by Gasteiger charge is 2.28. The van der Waals surface area contributed by atoms with Crippen LogP contribution in [0.25, 0.3) is 0 Å². The highest BCUT2D eigenvalue weighted by atomic mass is 31.2. The second-order valence-corrected chi connectivity index (χ2v) is 9.18. The number of benzene rings is 1. The minimum atomic E-state index is -3.38. The molecular formula is C20H32NO7P. The van der Waals surface area contributed by atoms with E-state index in [1.807, 2.05) is 0 Å². The quantitative estimate of drug-likeness (QED) is 0.448. The van der Waals surface area contributed by atoms with Crippen molar-refractivity contribution >= 4 is 25.0 Å². The molecule has 8 nitrogen and oxygen atoms in total. The summed E-state index contributed by atoms with van der Waals surface area (Å²) in [7, 11) is -3.38. The Bertz CT molecular complexity index is 703. The molecule has 0 spiro atoms. The van der Waals surface area contributed by atoms with Crippen LogP contribution >= 0.6 is 7.60 Å². The summed E-state index contributed by atoms with van der Waals surface area (Å²) in [4.78, 5) is 24.4. The molecule has 29 heavy (non-hydrogen) atoms. The average molecular weight is 429 g/mol. The van der Waals surface area contributed by atoms with Crippen molar-refractivity contribution in [2.75, 3.05) is 19.8 Å². The van der Waals surface area contributed by atoms with E-state index in [2.05, 4.69) is 5.32 Å². The fourth-order valence-corrected chi connectivity index (χ4v) is 4.03. The van der Waals surface area contributed by atoms with Gasteiger partial charge in [0.25, 0.3) is 0 Å². The van der Waals surface area contributed by atoms with Gasteiger partial charge in [0.2, 0.25) is 0 Å². The lowest BCUT2D eigenvalue weighted by atomic mass is 10.1. The standard InChI is InChI=1S/C20H32NO7P/c1-7-25-18(22)17(21-19(23)28-20(4,5)6)14-15-10-12-16(13-11-15)29(24,26-8-2)27-9-3/h10-13,17H,7-9,14H2,1-6H3,(H,21,23). The maximum absolute atomic E-state index is 12.8. The summed E-state index contributed by atoms with van der Waals surface area (Å²) >= 11 is 0. The Hall–Kier alpha value is -1.89. The van der Waals surface area contributed by atoms with Crippen LogP contribution in [-0.4, -0.2) is 43.5 Å². The van der Waals surface area contributed by atoms with Crippen molar-refractivity contribution in [3.05, 3.63) is 29.8 Å². The molecule has 1 aromatic rings. The molecule has 1 rings (SSSR count). The van der Waals surface area contributed by atoms with Gasteiger partial charge in [-0.3, -0.25) is 4.57 Å². The lowest BCUT2D eigenvalue weighted by Crippen LogP contribution is -2.45. The summed E-state index contributed by atoms with van der Waals surface area (Å²) in [6, 6.07) is 5.78. The van der Waals surface area contributed by atoms with Crippen LogP contribution in [0.3, 0.4) is 0 Å². The van der Waals surface area contributed by atoms with Gasteiger partial charge in [0.1, 0.15) is 11.6 Å². The Morgan fingerprint density at radius 2 is 1.55 bits per heavy atom. The molecule has 0 heterocycles. The van der Waals surface area contributed by atoms with Gasteiger partial charge in [0.05, 0.1) is 25.1 Å². The lowest BCUT2D eigenvalue weighted by Gasteiger charge is -2.23. The third-order valence-corrected chi connectivity index (χ3v) is 5.68. The fraction of sp³-hybridized carbons (Fsp3) is 0.600. The van der Waals surface area contributed by atoms with Gasteiger partial charge >= 0.3 is 19.7 Å². The van der Waals surface area contributed by atoms with Crippen molar-refractivity contribution in [1.82, 2.24) is 5.32 Å². The topological polar surface area (TPSA) is 100 Å². The van der Waals surface area contributed by atoms with Gasteiger partial charge in [0.15, 0.2) is 0 Å². The molecular weight excluding hydrogens is 397 g/mol. The second kappa shape index (κ2) is 11.3. The molecule has 0 radical (unpaired) electrons. The summed E-state index contributed by atoms with van der Waals surface area (Å²) in [6.07, 6.45) is -0.518. The Morgan fingerprint density at radius 1 is 1.00 bits per heavy atom. The largest absolute Gasteiger partial charge is 0.464 e. The van der Waals surface area contributed by atoms with Crippen LogP contribution in [-0.2, 0) is 34.3 Å². The van der Waals surface area contributed by atoms with Crippen LogP contribution in [0.5, 0.6) is 0 Å². The van der Waals surface area contributed by atoms with Gasteiger partial charge in [0, 0.05) is 6.42 Å². The molecule has 0 aliphatic carbocycles. The number of hydrogen-bond donors (Lipinski definition) is 1. The van der Waals surface area contributed by atoms with Gasteiger partial charge in [-0.15, -0.1) is 0 Å². The lowest BCUT2D eigenvalue weighted by molar-refractivity contribution is -0.145. The number of ether oxygens (including phenoxy) is 2. The third kappa shape index (κ3) is 8.56. The maximum Gasteiger partial charge on any atom is 0.408 e. The molecule has 1 atom stereocenters. The summed E-state index contributed by atoms with van der Waals surface area (Å²) < 4.78 is 33.8. The van der Waals surface area contributed by atoms with E-state index in [0.29, 0.717) is 5.30 Å². The van der Waals surface area contributed by atoms with E-state index in [1.165, 1.54) is 0 Å². The average Bonchev–Trinajstić information content (AvgIpc) is 2.60. The molecule has 0 aliphatic rings. The zero-order valence-corrected chi connectivity index (χ0v) is 18.9. The highest BCUT2D eigenvalue weighted by Crippen LogP contribution is 2.46. The molecule has 1 aromatic carbocycles.